The SMILES string of the molecule is Cc1nc(Nc2ncc(C(=O)Nc3c(C)cccc3Cl)s2)cc(N2CCN(C(=O)CCCCCOCCOCCOCCCCCCNC(C(=O)N3C[C@H](O)C[C@H]3C(=O)NCc3ccc(-c4scnc4C)cc3)C(C)(C)C)CC2)n1. The normalized spacial score (nSPS) is 16.0. The number of carbonyl (C=O) groups excluding carboxylic acids is 4. The number of halogens is 1. The number of aryl methyl sites for hydroxylation is 3. The fraction of sp³-hybridized carbons (Fsp3) is 0.552. The molecule has 0 bridgehead atoms. The molecular formula is C58H80ClN11O8S2. The number of ether oxygens (including phenoxy) is 3. The number of thiazole rings is 2. The van der Waals surface area contributed by atoms with E-state index in [0.717, 1.165) is 78.0 Å². The summed E-state index contributed by atoms with van der Waals surface area (Å²) < 4.78 is 17.2. The largest absolute Gasteiger partial charge is 0.391 e. The number of anilines is 4. The summed E-state index contributed by atoms with van der Waals surface area (Å²) in [6.07, 6.45) is 7.92. The molecule has 80 heavy (non-hydrogen) atoms. The molecule has 2 fully saturated rings. The molecule has 2 aliphatic rings. The maximum atomic E-state index is 14.0. The summed E-state index contributed by atoms with van der Waals surface area (Å²) in [5, 5.41) is 24.2. The number of piperazine rings is 1. The standard InChI is InChI=1S/C58H80ClN11O8S2/c1-39-15-14-16-45(59)51(39)67-55(74)47-36-62-57(80-47)66-48-34-49(65-41(3)64-48)68-23-25-69(26-24-68)50(72)17-10-9-13-28-77-30-32-78-31-29-76-27-12-8-7-11-22-60-53(58(4,5)6)56(75)70-37-44(71)33-46(70)54(73)61-35-42-18-20-43(21-19-42)52-40(2)63-38-79-52/h14-16,18-21,34,36,38,44,46,53,60,71H,7-13,17,22-33,35,37H2,1-6H3,(H,61,73)(H,67,74)(H,62,64,65,66)/t44-,46+,53?/m1/s1. The van der Waals surface area contributed by atoms with Crippen LogP contribution in [0.2, 0.25) is 5.02 Å². The average molecular weight is 1160 g/mol. The number of amides is 4. The molecule has 3 atom stereocenters. The Hall–Kier alpha value is -5.65. The van der Waals surface area contributed by atoms with Crippen molar-refractivity contribution in [3.63, 3.8) is 0 Å². The van der Waals surface area contributed by atoms with Crippen molar-refractivity contribution in [2.45, 2.75) is 124 Å². The van der Waals surface area contributed by atoms with Crippen molar-refractivity contribution in [2.75, 3.05) is 94.4 Å². The minimum atomic E-state index is -0.756. The second-order valence-corrected chi connectivity index (χ2v) is 23.8. The summed E-state index contributed by atoms with van der Waals surface area (Å²) in [7, 11) is 0. The van der Waals surface area contributed by atoms with E-state index < -0.39 is 23.6 Å². The van der Waals surface area contributed by atoms with E-state index in [1.54, 1.807) is 22.3 Å². The molecule has 0 saturated carbocycles. The van der Waals surface area contributed by atoms with Crippen LogP contribution in [-0.2, 0) is 35.1 Å². The minimum absolute atomic E-state index is 0.133. The van der Waals surface area contributed by atoms with Crippen molar-refractivity contribution in [3.05, 3.63) is 92.8 Å². The molecule has 5 heterocycles. The number of nitrogens with zero attached hydrogens (tertiary/aromatic N) is 7. The van der Waals surface area contributed by atoms with Gasteiger partial charge in [0.05, 0.1) is 71.6 Å². The van der Waals surface area contributed by atoms with Gasteiger partial charge in [-0.05, 0) is 81.2 Å². The number of β-amino-alcohol motifs (C(OH)–C–C–N with tert-alkyl or cyclic N) is 1. The number of aliphatic hydroxyl groups excluding tert-OH is 1. The second-order valence-electron chi connectivity index (χ2n) is 21.5. The van der Waals surface area contributed by atoms with E-state index in [9.17, 15) is 24.3 Å². The Morgan fingerprint density at radius 3 is 2.20 bits per heavy atom. The van der Waals surface area contributed by atoms with Crippen molar-refractivity contribution < 1.29 is 38.5 Å². The van der Waals surface area contributed by atoms with Crippen molar-refractivity contribution in [1.82, 2.24) is 40.4 Å². The zero-order chi connectivity index (χ0) is 57.0. The van der Waals surface area contributed by atoms with Crippen LogP contribution in [0.4, 0.5) is 22.5 Å². The predicted octanol–water partition coefficient (Wildman–Crippen LogP) is 8.73. The van der Waals surface area contributed by atoms with E-state index in [0.29, 0.717) is 118 Å². The van der Waals surface area contributed by atoms with Crippen molar-refractivity contribution in [2.24, 2.45) is 5.41 Å². The maximum absolute atomic E-state index is 14.0. The molecule has 434 valence electrons. The van der Waals surface area contributed by atoms with Crippen LogP contribution in [-0.4, -0.2) is 156 Å². The molecule has 0 aliphatic carbocycles. The number of para-hydroxylation sites is 1. The van der Waals surface area contributed by atoms with Crippen LogP contribution in [0.25, 0.3) is 10.4 Å². The van der Waals surface area contributed by atoms with Crippen LogP contribution < -0.4 is 26.2 Å². The van der Waals surface area contributed by atoms with Crippen molar-refractivity contribution in [1.29, 1.82) is 0 Å². The van der Waals surface area contributed by atoms with Gasteiger partial charge in [0.1, 0.15) is 28.4 Å². The highest BCUT2D eigenvalue weighted by molar-refractivity contribution is 7.17. The number of hydrogen-bond acceptors (Lipinski definition) is 17. The van der Waals surface area contributed by atoms with E-state index in [-0.39, 0.29) is 36.6 Å². The topological polar surface area (TPSA) is 226 Å². The Bertz CT molecular complexity index is 2760. The van der Waals surface area contributed by atoms with Gasteiger partial charge < -0.3 is 55.3 Å². The lowest BCUT2D eigenvalue weighted by Crippen LogP contribution is -2.56. The summed E-state index contributed by atoms with van der Waals surface area (Å²) in [5.74, 6) is 1.38. The average Bonchev–Trinajstić information content (AvgIpc) is 4.23. The van der Waals surface area contributed by atoms with E-state index >= 15 is 0 Å². The minimum Gasteiger partial charge on any atom is -0.391 e. The lowest BCUT2D eigenvalue weighted by molar-refractivity contribution is -0.142. The number of benzene rings is 2. The second kappa shape index (κ2) is 31.0. The predicted molar refractivity (Wildman–Crippen MR) is 316 cm³/mol. The molecule has 2 aliphatic heterocycles. The molecular weight excluding hydrogens is 1080 g/mol. The van der Waals surface area contributed by atoms with Crippen LogP contribution in [0.1, 0.15) is 111 Å². The lowest BCUT2D eigenvalue weighted by Gasteiger charge is -2.35. The van der Waals surface area contributed by atoms with Crippen LogP contribution in [0, 0.1) is 26.2 Å². The van der Waals surface area contributed by atoms with Crippen LogP contribution in [0.5, 0.6) is 0 Å². The van der Waals surface area contributed by atoms with Gasteiger partial charge in [-0.2, -0.15) is 0 Å². The monoisotopic (exact) mass is 1160 g/mol. The molecule has 5 N–H and O–H groups in total. The summed E-state index contributed by atoms with van der Waals surface area (Å²) in [6, 6.07) is 14.1. The third kappa shape index (κ3) is 18.7. The number of aromatic nitrogens is 4. The zero-order valence-corrected chi connectivity index (χ0v) is 49.6. The molecule has 1 unspecified atom stereocenters. The Balaban J connectivity index is 0.665. The molecule has 5 aromatic rings. The molecule has 4 amide bonds. The van der Waals surface area contributed by atoms with E-state index in [2.05, 4.69) is 46.1 Å². The summed E-state index contributed by atoms with van der Waals surface area (Å²) in [5.41, 5.74) is 5.90. The first-order valence-electron chi connectivity index (χ1n) is 27.9. The first-order chi connectivity index (χ1) is 38.5. The van der Waals surface area contributed by atoms with Crippen molar-refractivity contribution in [3.8, 4) is 10.4 Å². The maximum Gasteiger partial charge on any atom is 0.267 e. The van der Waals surface area contributed by atoms with Gasteiger partial charge >= 0.3 is 0 Å². The highest BCUT2D eigenvalue weighted by atomic mass is 35.5. The lowest BCUT2D eigenvalue weighted by atomic mass is 9.85. The number of rotatable bonds is 30. The van der Waals surface area contributed by atoms with Gasteiger partial charge in [0.2, 0.25) is 17.7 Å². The third-order valence-corrected chi connectivity index (χ3v) is 16.3. The Labute approximate surface area is 484 Å². The van der Waals surface area contributed by atoms with Crippen LogP contribution >= 0.6 is 34.3 Å². The number of unbranched alkanes of at least 4 members (excludes halogenated alkanes) is 5. The smallest absolute Gasteiger partial charge is 0.267 e. The molecule has 7 rings (SSSR count). The molecule has 2 aromatic carbocycles. The van der Waals surface area contributed by atoms with E-state index in [1.807, 2.05) is 94.4 Å². The Morgan fingerprint density at radius 2 is 1.52 bits per heavy atom. The fourth-order valence-corrected chi connectivity index (χ4v) is 11.5. The van der Waals surface area contributed by atoms with Gasteiger partial charge in [-0.3, -0.25) is 19.2 Å². The van der Waals surface area contributed by atoms with E-state index in [1.165, 1.54) is 17.5 Å². The molecule has 3 aromatic heterocycles. The zero-order valence-electron chi connectivity index (χ0n) is 47.2. The summed E-state index contributed by atoms with van der Waals surface area (Å²) in [6.45, 7) is 18.8. The number of likely N-dealkylation sites (tertiary alicyclic amines) is 1. The third-order valence-electron chi connectivity index (χ3n) is 14.1. The molecule has 2 saturated heterocycles. The molecule has 19 nitrogen and oxygen atoms in total. The number of aliphatic hydroxyl groups is 1. The van der Waals surface area contributed by atoms with Gasteiger partial charge in [-0.1, -0.05) is 99.4 Å². The quantitative estimate of drug-likeness (QED) is 0.0271. The molecule has 22 heteroatoms. The summed E-state index contributed by atoms with van der Waals surface area (Å²) in [4.78, 5) is 78.6. The highest BCUT2D eigenvalue weighted by Gasteiger charge is 2.43. The summed E-state index contributed by atoms with van der Waals surface area (Å²) >= 11 is 9.12. The van der Waals surface area contributed by atoms with Gasteiger partial charge in [0, 0.05) is 71.4 Å². The van der Waals surface area contributed by atoms with E-state index in [4.69, 9.17) is 25.8 Å². The van der Waals surface area contributed by atoms with Gasteiger partial charge in [-0.15, -0.1) is 11.3 Å². The Kier molecular flexibility index (Phi) is 24.0. The molecule has 0 radical (unpaired) electrons. The first-order valence-corrected chi connectivity index (χ1v) is 30.0. The van der Waals surface area contributed by atoms with Crippen LogP contribution in [0.15, 0.2) is 60.2 Å². The number of nitrogens with one attached hydrogen (secondary N) is 4. The van der Waals surface area contributed by atoms with Gasteiger partial charge in [0.25, 0.3) is 5.91 Å². The first kappa shape index (κ1) is 62.0. The Morgan fingerprint density at radius 1 is 0.838 bits per heavy atom. The number of carbonyl (C=O) groups is 4. The van der Waals surface area contributed by atoms with Crippen molar-refractivity contribution >= 4 is 80.4 Å². The fourth-order valence-electron chi connectivity index (χ4n) is 9.66. The number of hydrogen-bond donors (Lipinski definition) is 5. The van der Waals surface area contributed by atoms with Gasteiger partial charge in [-0.25, -0.2) is 19.9 Å². The van der Waals surface area contributed by atoms with Gasteiger partial charge in [0.15, 0.2) is 5.13 Å². The van der Waals surface area contributed by atoms with Crippen LogP contribution in [0.3, 0.4) is 0 Å². The highest BCUT2D eigenvalue weighted by Crippen LogP contribution is 2.31. The molecule has 0 spiro atoms.